The first-order valence-electron chi connectivity index (χ1n) is 2.77. The fourth-order valence-corrected chi connectivity index (χ4v) is 1.29. The van der Waals surface area contributed by atoms with Gasteiger partial charge in [0.25, 0.3) is 0 Å². The van der Waals surface area contributed by atoms with E-state index in [1.54, 1.807) is 0 Å². The van der Waals surface area contributed by atoms with Gasteiger partial charge >= 0.3 is 29.6 Å². The molecule has 1 aromatic carbocycles. The predicted molar refractivity (Wildman–Crippen MR) is 38.6 cm³/mol. The summed E-state index contributed by atoms with van der Waals surface area (Å²) in [6, 6.07) is 1.59. The Hall–Kier alpha value is 0.480. The molecule has 0 saturated heterocycles. The Labute approximate surface area is 103 Å². The van der Waals surface area contributed by atoms with Crippen LogP contribution in [0, 0.1) is 11.6 Å². The number of hydrogen-bond donors (Lipinski definition) is 0. The second kappa shape index (κ2) is 5.38. The summed E-state index contributed by atoms with van der Waals surface area (Å²) >= 11 is 2.37. The maximum atomic E-state index is 12.7. The fraction of sp³-hybridized carbons (Fsp3) is 0. The third-order valence-electron chi connectivity index (χ3n) is 1.18. The normalized spacial score (nSPS) is 12.0. The van der Waals surface area contributed by atoms with Gasteiger partial charge in [0, 0.05) is 0 Å². The monoisotopic (exact) mass is 234 g/mol. The smallest absolute Gasteiger partial charge is 0.768 e. The van der Waals surface area contributed by atoms with E-state index in [1.165, 1.54) is 0 Å². The maximum absolute atomic E-state index is 12.7. The van der Waals surface area contributed by atoms with Gasteiger partial charge in [0.15, 0.2) is 5.82 Å². The van der Waals surface area contributed by atoms with E-state index >= 15 is 0 Å². The molecule has 0 saturated carbocycles. The average Bonchev–Trinajstić information content (AvgIpc) is 2.00. The Morgan fingerprint density at radius 2 is 1.92 bits per heavy atom. The predicted octanol–water partition coefficient (Wildman–Crippen LogP) is -1.14. The standard InChI is InChI=1S/C6H3ClF2O2S.Na/c7-5-3(8)1-2-4(6(5)9)12(10)11;/h1-2H,(H,10,11);/q;+1/p-1. The van der Waals surface area contributed by atoms with Crippen molar-refractivity contribution in [2.45, 2.75) is 4.90 Å². The van der Waals surface area contributed by atoms with Crippen LogP contribution in [-0.2, 0) is 11.1 Å². The summed E-state index contributed by atoms with van der Waals surface area (Å²) in [5, 5.41) is -0.809. The molecule has 1 rings (SSSR count). The van der Waals surface area contributed by atoms with Crippen molar-refractivity contribution in [3.63, 3.8) is 0 Å². The number of hydrogen-bond acceptors (Lipinski definition) is 2. The second-order valence-corrected chi connectivity index (χ2v) is 3.20. The molecule has 0 heterocycles. The van der Waals surface area contributed by atoms with Crippen molar-refractivity contribution in [2.24, 2.45) is 0 Å². The largest absolute Gasteiger partial charge is 1.00 e. The van der Waals surface area contributed by atoms with Crippen LogP contribution in [0.15, 0.2) is 17.0 Å². The zero-order chi connectivity index (χ0) is 9.30. The van der Waals surface area contributed by atoms with Gasteiger partial charge in [-0.05, 0) is 23.2 Å². The van der Waals surface area contributed by atoms with Crippen LogP contribution in [0.4, 0.5) is 8.78 Å². The maximum Gasteiger partial charge on any atom is 1.00 e. The first-order valence-corrected chi connectivity index (χ1v) is 4.22. The van der Waals surface area contributed by atoms with Crippen molar-refractivity contribution in [2.75, 3.05) is 0 Å². The summed E-state index contributed by atoms with van der Waals surface area (Å²) < 4.78 is 45.7. The van der Waals surface area contributed by atoms with Crippen molar-refractivity contribution in [3.05, 3.63) is 28.8 Å². The first kappa shape index (κ1) is 13.5. The second-order valence-electron chi connectivity index (χ2n) is 1.91. The Kier molecular flexibility index (Phi) is 5.58. The van der Waals surface area contributed by atoms with E-state index in [9.17, 15) is 17.5 Å². The number of rotatable bonds is 1. The van der Waals surface area contributed by atoms with E-state index in [4.69, 9.17) is 11.6 Å². The van der Waals surface area contributed by atoms with Crippen molar-refractivity contribution in [1.82, 2.24) is 0 Å². The Balaban J connectivity index is 0.00000144. The SMILES string of the molecule is O=S([O-])c1ccc(F)c(Cl)c1F.[Na+]. The molecule has 1 aromatic rings. The molecule has 0 aliphatic rings. The first-order chi connectivity index (χ1) is 5.54. The molecule has 1 unspecified atom stereocenters. The summed E-state index contributed by atoms with van der Waals surface area (Å²) in [5.74, 6) is -2.24. The van der Waals surface area contributed by atoms with E-state index in [0.717, 1.165) is 12.1 Å². The molecule has 0 bridgehead atoms. The summed E-state index contributed by atoms with van der Waals surface area (Å²) in [4.78, 5) is -0.638. The molecule has 0 spiro atoms. The van der Waals surface area contributed by atoms with Crippen LogP contribution in [0.3, 0.4) is 0 Å². The van der Waals surface area contributed by atoms with Gasteiger partial charge in [-0.25, -0.2) is 8.78 Å². The van der Waals surface area contributed by atoms with Gasteiger partial charge in [-0.1, -0.05) is 11.6 Å². The molecule has 0 aliphatic heterocycles. The molecule has 0 N–H and O–H groups in total. The molecule has 0 aliphatic carbocycles. The quantitative estimate of drug-likeness (QED) is 0.350. The molecule has 0 radical (unpaired) electrons. The van der Waals surface area contributed by atoms with Crippen molar-refractivity contribution in [3.8, 4) is 0 Å². The van der Waals surface area contributed by atoms with Gasteiger partial charge in [-0.15, -0.1) is 0 Å². The van der Waals surface area contributed by atoms with E-state index in [0.29, 0.717) is 0 Å². The Morgan fingerprint density at radius 1 is 1.38 bits per heavy atom. The molecule has 2 nitrogen and oxygen atoms in total. The Bertz CT molecular complexity index is 348. The van der Waals surface area contributed by atoms with Crippen LogP contribution in [0.1, 0.15) is 0 Å². The van der Waals surface area contributed by atoms with Gasteiger partial charge in [0.05, 0.1) is 4.90 Å². The molecule has 13 heavy (non-hydrogen) atoms. The van der Waals surface area contributed by atoms with E-state index in [2.05, 4.69) is 0 Å². The van der Waals surface area contributed by atoms with Crippen molar-refractivity contribution >= 4 is 22.7 Å². The summed E-state index contributed by atoms with van der Waals surface area (Å²) in [6.07, 6.45) is 0. The van der Waals surface area contributed by atoms with Gasteiger partial charge in [-0.3, -0.25) is 4.21 Å². The zero-order valence-corrected chi connectivity index (χ0v) is 10.1. The van der Waals surface area contributed by atoms with Gasteiger partial charge in [0.1, 0.15) is 10.8 Å². The topological polar surface area (TPSA) is 40.1 Å². The molecule has 0 aromatic heterocycles. The van der Waals surface area contributed by atoms with Gasteiger partial charge in [0.2, 0.25) is 0 Å². The Morgan fingerprint density at radius 3 is 2.38 bits per heavy atom. The molecular weight excluding hydrogens is 233 g/mol. The molecule has 7 heteroatoms. The third kappa shape index (κ3) is 2.97. The molecule has 0 fully saturated rings. The average molecular weight is 235 g/mol. The zero-order valence-electron chi connectivity index (χ0n) is 6.51. The number of halogens is 3. The van der Waals surface area contributed by atoms with Crippen molar-refractivity contribution in [1.29, 1.82) is 0 Å². The van der Waals surface area contributed by atoms with Gasteiger partial charge in [-0.2, -0.15) is 0 Å². The summed E-state index contributed by atoms with van der Waals surface area (Å²) in [7, 11) is 0. The number of benzene rings is 1. The molecule has 66 valence electrons. The van der Waals surface area contributed by atoms with Gasteiger partial charge < -0.3 is 4.55 Å². The van der Waals surface area contributed by atoms with Crippen molar-refractivity contribution < 1.29 is 47.1 Å². The van der Waals surface area contributed by atoms with Crippen LogP contribution in [0.5, 0.6) is 0 Å². The minimum absolute atomic E-state index is 0. The van der Waals surface area contributed by atoms with Crippen LogP contribution >= 0.6 is 11.6 Å². The molecule has 0 amide bonds. The summed E-state index contributed by atoms with van der Waals surface area (Å²) in [6.45, 7) is 0. The van der Waals surface area contributed by atoms with E-state index in [1.807, 2.05) is 0 Å². The van der Waals surface area contributed by atoms with Crippen LogP contribution in [0.2, 0.25) is 5.02 Å². The molecular formula is C6H2ClF2NaO2S. The van der Waals surface area contributed by atoms with E-state index < -0.39 is 32.6 Å². The minimum Gasteiger partial charge on any atom is -0.768 e. The fourth-order valence-electron chi connectivity index (χ4n) is 0.637. The van der Waals surface area contributed by atoms with E-state index in [-0.39, 0.29) is 29.6 Å². The third-order valence-corrected chi connectivity index (χ3v) is 2.20. The molecule has 1 atom stereocenters. The van der Waals surface area contributed by atoms with Crippen LogP contribution in [-0.4, -0.2) is 8.76 Å². The minimum atomic E-state index is -2.74. The summed E-state index contributed by atoms with van der Waals surface area (Å²) in [5.41, 5.74) is 0. The van der Waals surface area contributed by atoms with Crippen LogP contribution in [0.25, 0.3) is 0 Å². The van der Waals surface area contributed by atoms with Crippen LogP contribution < -0.4 is 29.6 Å².